The van der Waals surface area contributed by atoms with Crippen LogP contribution in [0.4, 0.5) is 26.3 Å². The number of amides is 2. The van der Waals surface area contributed by atoms with Crippen molar-refractivity contribution in [2.24, 2.45) is 5.41 Å². The minimum absolute atomic E-state index is 0.00578. The van der Waals surface area contributed by atoms with E-state index in [2.05, 4.69) is 20.6 Å². The molecule has 1 fully saturated rings. The van der Waals surface area contributed by atoms with E-state index in [4.69, 9.17) is 0 Å². The maximum atomic E-state index is 13.0. The van der Waals surface area contributed by atoms with E-state index in [0.717, 1.165) is 0 Å². The Morgan fingerprint density at radius 2 is 1.77 bits per heavy atom. The Balaban J connectivity index is 1.56. The number of carbonyl (C=O) groups excluding carboxylic acids is 2. The highest BCUT2D eigenvalue weighted by Crippen LogP contribution is 2.57. The predicted octanol–water partition coefficient (Wildman–Crippen LogP) is 3.48. The van der Waals surface area contributed by atoms with Crippen LogP contribution >= 0.6 is 0 Å². The average Bonchev–Trinajstić information content (AvgIpc) is 3.37. The van der Waals surface area contributed by atoms with Crippen molar-refractivity contribution < 1.29 is 35.9 Å². The number of aromatic nitrogens is 2. The van der Waals surface area contributed by atoms with Gasteiger partial charge in [0.15, 0.2) is 0 Å². The second-order valence-electron chi connectivity index (χ2n) is 7.19. The van der Waals surface area contributed by atoms with Gasteiger partial charge in [0.05, 0.1) is 24.0 Å². The maximum absolute atomic E-state index is 13.0. The fourth-order valence-corrected chi connectivity index (χ4v) is 2.95. The van der Waals surface area contributed by atoms with E-state index in [1.165, 1.54) is 0 Å². The van der Waals surface area contributed by atoms with Crippen LogP contribution < -0.4 is 10.6 Å². The molecule has 0 spiro atoms. The number of hydrogen-bond donors (Lipinski definition) is 3. The number of carbonyl (C=O) groups is 2. The lowest BCUT2D eigenvalue weighted by atomic mass is 10.1. The van der Waals surface area contributed by atoms with Crippen molar-refractivity contribution in [3.05, 3.63) is 29.6 Å². The normalized spacial score (nSPS) is 15.8. The highest BCUT2D eigenvalue weighted by molar-refractivity contribution is 5.86. The van der Waals surface area contributed by atoms with Crippen LogP contribution in [-0.4, -0.2) is 34.1 Å². The van der Waals surface area contributed by atoms with Gasteiger partial charge in [0.2, 0.25) is 11.8 Å². The number of nitrogens with zero attached hydrogens (tertiary/aromatic N) is 1. The van der Waals surface area contributed by atoms with E-state index >= 15 is 0 Å². The monoisotopic (exact) mass is 436 g/mol. The predicted molar refractivity (Wildman–Crippen MR) is 92.8 cm³/mol. The van der Waals surface area contributed by atoms with Crippen molar-refractivity contribution in [3.8, 4) is 0 Å². The number of alkyl halides is 6. The maximum Gasteiger partial charge on any atom is 0.403 e. The number of imidazole rings is 1. The van der Waals surface area contributed by atoms with Gasteiger partial charge in [0, 0.05) is 13.0 Å². The molecule has 0 bridgehead atoms. The second-order valence-corrected chi connectivity index (χ2v) is 7.19. The molecule has 1 aromatic heterocycles. The molecule has 0 radical (unpaired) electrons. The number of fused-ring (bicyclic) bond motifs is 1. The average molecular weight is 436 g/mol. The summed E-state index contributed by atoms with van der Waals surface area (Å²) in [6.45, 7) is -0.208. The Hall–Kier alpha value is -2.79. The van der Waals surface area contributed by atoms with E-state index in [9.17, 15) is 35.9 Å². The summed E-state index contributed by atoms with van der Waals surface area (Å²) < 4.78 is 75.2. The first-order valence-corrected chi connectivity index (χ1v) is 9.06. The molecular formula is C18H18F6N4O2. The zero-order chi connectivity index (χ0) is 22.2. The zero-order valence-corrected chi connectivity index (χ0v) is 15.5. The number of hydrogen-bond acceptors (Lipinski definition) is 3. The number of H-pyrrole nitrogens is 1. The second kappa shape index (κ2) is 7.80. The largest absolute Gasteiger partial charge is 0.403 e. The number of nitrogens with one attached hydrogen (secondary N) is 3. The van der Waals surface area contributed by atoms with Crippen molar-refractivity contribution >= 4 is 22.8 Å². The molecule has 0 aliphatic heterocycles. The topological polar surface area (TPSA) is 86.9 Å². The van der Waals surface area contributed by atoms with Crippen molar-refractivity contribution in [2.45, 2.75) is 51.1 Å². The molecule has 0 atom stereocenters. The molecule has 3 N–H and O–H groups in total. The van der Waals surface area contributed by atoms with Crippen LogP contribution in [0, 0.1) is 5.41 Å². The Kier molecular flexibility index (Phi) is 5.70. The number of halogens is 6. The van der Waals surface area contributed by atoms with Crippen molar-refractivity contribution in [2.75, 3.05) is 0 Å². The summed E-state index contributed by atoms with van der Waals surface area (Å²) in [5.74, 6) is -1.57. The van der Waals surface area contributed by atoms with Crippen LogP contribution in [0.3, 0.4) is 0 Å². The van der Waals surface area contributed by atoms with E-state index in [0.29, 0.717) is 16.6 Å². The Morgan fingerprint density at radius 1 is 1.07 bits per heavy atom. The van der Waals surface area contributed by atoms with E-state index < -0.39 is 42.4 Å². The first kappa shape index (κ1) is 21.9. The van der Waals surface area contributed by atoms with Gasteiger partial charge in [-0.05, 0) is 30.5 Å². The molecule has 2 aromatic rings. The van der Waals surface area contributed by atoms with Crippen LogP contribution in [0.1, 0.15) is 37.1 Å². The van der Waals surface area contributed by atoms with Crippen LogP contribution in [0.2, 0.25) is 0 Å². The summed E-state index contributed by atoms with van der Waals surface area (Å²) in [6, 6.07) is 4.81. The molecule has 1 aromatic carbocycles. The molecule has 0 unspecified atom stereocenters. The van der Waals surface area contributed by atoms with Crippen LogP contribution in [0.15, 0.2) is 18.2 Å². The lowest BCUT2D eigenvalue weighted by Gasteiger charge is -2.17. The zero-order valence-electron chi connectivity index (χ0n) is 15.5. The summed E-state index contributed by atoms with van der Waals surface area (Å²) >= 11 is 0. The summed E-state index contributed by atoms with van der Waals surface area (Å²) in [7, 11) is 0. The number of benzene rings is 1. The lowest BCUT2D eigenvalue weighted by Crippen LogP contribution is -2.41. The van der Waals surface area contributed by atoms with Gasteiger partial charge in [-0.15, -0.1) is 0 Å². The Labute approximate surface area is 166 Å². The first-order chi connectivity index (χ1) is 13.9. The van der Waals surface area contributed by atoms with Gasteiger partial charge in [-0.1, -0.05) is 6.07 Å². The minimum Gasteiger partial charge on any atom is -0.352 e. The quantitative estimate of drug-likeness (QED) is 0.581. The standard InChI is InChI=1S/C18H18F6N4O2/c19-17(20,21)4-3-14(29)25-8-10-1-2-11-12(7-10)28-13(27-11)9-26-15(30)16(5-6-16)18(22,23)24/h1-2,7H,3-6,8-9H2,(H,25,29)(H,26,30)(H,27,28). The van der Waals surface area contributed by atoms with Gasteiger partial charge >= 0.3 is 12.4 Å². The van der Waals surface area contributed by atoms with Crippen LogP contribution in [0.5, 0.6) is 0 Å². The molecule has 164 valence electrons. The molecule has 3 rings (SSSR count). The van der Waals surface area contributed by atoms with E-state index in [1.54, 1.807) is 18.2 Å². The minimum atomic E-state index is -4.59. The van der Waals surface area contributed by atoms with Gasteiger partial charge in [0.1, 0.15) is 11.2 Å². The van der Waals surface area contributed by atoms with Gasteiger partial charge in [0.25, 0.3) is 0 Å². The third kappa shape index (κ3) is 5.03. The van der Waals surface area contributed by atoms with Gasteiger partial charge in [-0.2, -0.15) is 26.3 Å². The smallest absolute Gasteiger partial charge is 0.352 e. The van der Waals surface area contributed by atoms with E-state index in [1.807, 2.05) is 0 Å². The highest BCUT2D eigenvalue weighted by Gasteiger charge is 2.68. The Bertz CT molecular complexity index is 946. The van der Waals surface area contributed by atoms with E-state index in [-0.39, 0.29) is 31.8 Å². The molecular weight excluding hydrogens is 418 g/mol. The molecule has 2 amide bonds. The molecule has 1 aliphatic carbocycles. The lowest BCUT2D eigenvalue weighted by molar-refractivity contribution is -0.192. The van der Waals surface area contributed by atoms with Crippen LogP contribution in [0.25, 0.3) is 11.0 Å². The van der Waals surface area contributed by atoms with Crippen molar-refractivity contribution in [3.63, 3.8) is 0 Å². The highest BCUT2D eigenvalue weighted by atomic mass is 19.4. The Morgan fingerprint density at radius 3 is 2.37 bits per heavy atom. The molecule has 6 nitrogen and oxygen atoms in total. The summed E-state index contributed by atoms with van der Waals surface area (Å²) in [6.07, 6.45) is -11.3. The summed E-state index contributed by atoms with van der Waals surface area (Å²) in [5, 5.41) is 4.63. The SMILES string of the molecule is O=C(CCC(F)(F)F)NCc1ccc2nc(CNC(=O)C3(C(F)(F)F)CC3)[nH]c2c1. The number of aromatic amines is 1. The van der Waals surface area contributed by atoms with Gasteiger partial charge in [-0.3, -0.25) is 9.59 Å². The van der Waals surface area contributed by atoms with Crippen molar-refractivity contribution in [1.82, 2.24) is 20.6 Å². The first-order valence-electron chi connectivity index (χ1n) is 9.06. The molecule has 0 saturated heterocycles. The van der Waals surface area contributed by atoms with Crippen LogP contribution in [-0.2, 0) is 22.7 Å². The molecule has 1 heterocycles. The van der Waals surface area contributed by atoms with Gasteiger partial charge in [-0.25, -0.2) is 4.98 Å². The summed E-state index contributed by atoms with van der Waals surface area (Å²) in [4.78, 5) is 30.4. The third-order valence-corrected chi connectivity index (χ3v) is 4.86. The number of rotatable bonds is 7. The van der Waals surface area contributed by atoms with Crippen molar-refractivity contribution in [1.29, 1.82) is 0 Å². The molecule has 1 saturated carbocycles. The summed E-state index contributed by atoms with van der Waals surface area (Å²) in [5.41, 5.74) is -0.714. The molecule has 1 aliphatic rings. The fraction of sp³-hybridized carbons (Fsp3) is 0.500. The molecule has 30 heavy (non-hydrogen) atoms. The van der Waals surface area contributed by atoms with Gasteiger partial charge < -0.3 is 15.6 Å². The molecule has 12 heteroatoms. The fourth-order valence-electron chi connectivity index (χ4n) is 2.95. The third-order valence-electron chi connectivity index (χ3n) is 4.86.